The van der Waals surface area contributed by atoms with Gasteiger partial charge in [-0.05, 0) is 80.8 Å². The first-order valence-corrected chi connectivity index (χ1v) is 11.5. The molecule has 1 atom stereocenters. The minimum Gasteiger partial charge on any atom is -0.389 e. The van der Waals surface area contributed by atoms with Crippen LogP contribution in [-0.2, 0) is 11.2 Å². The van der Waals surface area contributed by atoms with Crippen molar-refractivity contribution in [3.05, 3.63) is 35.9 Å². The average molecular weight is 388 g/mol. The van der Waals surface area contributed by atoms with Gasteiger partial charge in [0, 0.05) is 6.54 Å². The number of hydrogen-bond acceptors (Lipinski definition) is 3. The van der Waals surface area contributed by atoms with Crippen LogP contribution < -0.4 is 0 Å². The van der Waals surface area contributed by atoms with Crippen LogP contribution in [0.25, 0.3) is 0 Å². The zero-order chi connectivity index (χ0) is 20.0. The van der Waals surface area contributed by atoms with E-state index < -0.39 is 0 Å². The molecule has 1 N–H and O–H groups in total. The number of aliphatic hydroxyl groups is 1. The number of aliphatic hydroxyl groups excluding tert-OH is 1. The zero-order valence-electron chi connectivity index (χ0n) is 18.3. The van der Waals surface area contributed by atoms with Gasteiger partial charge in [-0.3, -0.25) is 0 Å². The van der Waals surface area contributed by atoms with Crippen LogP contribution in [0.3, 0.4) is 0 Å². The number of rotatable bonds is 7. The fourth-order valence-electron chi connectivity index (χ4n) is 5.01. The molecule has 0 bridgehead atoms. The van der Waals surface area contributed by atoms with Crippen molar-refractivity contribution >= 4 is 0 Å². The van der Waals surface area contributed by atoms with Crippen molar-refractivity contribution in [3.8, 4) is 0 Å². The number of benzene rings is 1. The first-order chi connectivity index (χ1) is 13.4. The minimum atomic E-state index is -0.356. The van der Waals surface area contributed by atoms with Crippen molar-refractivity contribution in [2.75, 3.05) is 26.2 Å². The lowest BCUT2D eigenvalue weighted by Gasteiger charge is -2.37. The van der Waals surface area contributed by atoms with Gasteiger partial charge in [-0.15, -0.1) is 0 Å². The van der Waals surface area contributed by atoms with Crippen molar-refractivity contribution in [2.24, 2.45) is 17.3 Å². The molecule has 3 nitrogen and oxygen atoms in total. The maximum atomic E-state index is 10.4. The van der Waals surface area contributed by atoms with E-state index in [4.69, 9.17) is 4.74 Å². The third-order valence-corrected chi connectivity index (χ3v) is 6.97. The van der Waals surface area contributed by atoms with Crippen molar-refractivity contribution in [3.63, 3.8) is 0 Å². The number of nitrogens with zero attached hydrogens (tertiary/aromatic N) is 1. The van der Waals surface area contributed by atoms with Gasteiger partial charge in [0.25, 0.3) is 0 Å². The van der Waals surface area contributed by atoms with E-state index in [-0.39, 0.29) is 6.10 Å². The number of likely N-dealkylation sites (tertiary alicyclic amines) is 1. The molecule has 1 saturated carbocycles. The van der Waals surface area contributed by atoms with E-state index in [9.17, 15) is 5.11 Å². The van der Waals surface area contributed by atoms with Crippen LogP contribution in [0.2, 0.25) is 0 Å². The molecule has 158 valence electrons. The molecular formula is C25H41NO2. The Balaban J connectivity index is 1.29. The lowest BCUT2D eigenvalue weighted by atomic mass is 9.72. The Labute approximate surface area is 172 Å². The molecule has 1 aliphatic heterocycles. The molecule has 0 amide bonds. The van der Waals surface area contributed by atoms with E-state index >= 15 is 0 Å². The summed E-state index contributed by atoms with van der Waals surface area (Å²) in [5.74, 6) is 1.60. The molecule has 0 unspecified atom stereocenters. The van der Waals surface area contributed by atoms with Gasteiger partial charge in [-0.2, -0.15) is 0 Å². The first-order valence-electron chi connectivity index (χ1n) is 11.5. The Bertz CT molecular complexity index is 552. The Kier molecular flexibility index (Phi) is 7.96. The smallest absolute Gasteiger partial charge is 0.0900 e. The highest BCUT2D eigenvalue weighted by molar-refractivity contribution is 5.15. The largest absolute Gasteiger partial charge is 0.389 e. The Hall–Kier alpha value is -0.900. The summed E-state index contributed by atoms with van der Waals surface area (Å²) in [5, 5.41) is 10.4. The summed E-state index contributed by atoms with van der Waals surface area (Å²) in [6.45, 7) is 10.5. The van der Waals surface area contributed by atoms with Gasteiger partial charge in [0.05, 0.1) is 18.8 Å². The van der Waals surface area contributed by atoms with E-state index in [1.165, 1.54) is 37.7 Å². The SMILES string of the molecule is CC(C)(C)C1CCC(OC[C@@H](O)CN2CCC(Cc3ccccc3)CC2)CC1. The van der Waals surface area contributed by atoms with Crippen molar-refractivity contribution in [2.45, 2.75) is 77.9 Å². The van der Waals surface area contributed by atoms with Gasteiger partial charge in [0.15, 0.2) is 0 Å². The molecule has 1 saturated heterocycles. The van der Waals surface area contributed by atoms with Crippen LogP contribution in [0.15, 0.2) is 30.3 Å². The highest BCUT2D eigenvalue weighted by Gasteiger charge is 2.30. The van der Waals surface area contributed by atoms with Gasteiger partial charge >= 0.3 is 0 Å². The molecule has 1 aromatic rings. The average Bonchev–Trinajstić information content (AvgIpc) is 2.68. The number of ether oxygens (including phenoxy) is 1. The summed E-state index contributed by atoms with van der Waals surface area (Å²) in [7, 11) is 0. The maximum Gasteiger partial charge on any atom is 0.0900 e. The number of β-amino-alcohol motifs (C(OH)–C–C–N with tert-alkyl or cyclic N) is 1. The Morgan fingerprint density at radius 1 is 1.00 bits per heavy atom. The van der Waals surface area contributed by atoms with Crippen LogP contribution in [0, 0.1) is 17.3 Å². The normalized spacial score (nSPS) is 26.3. The van der Waals surface area contributed by atoms with Gasteiger partial charge < -0.3 is 14.7 Å². The summed E-state index contributed by atoms with van der Waals surface area (Å²) in [4.78, 5) is 2.42. The second kappa shape index (κ2) is 10.2. The molecule has 2 aliphatic rings. The van der Waals surface area contributed by atoms with Crippen LogP contribution in [0.1, 0.15) is 64.9 Å². The summed E-state index contributed by atoms with van der Waals surface area (Å²) in [6.07, 6.45) is 8.49. The fraction of sp³-hybridized carbons (Fsp3) is 0.760. The zero-order valence-corrected chi connectivity index (χ0v) is 18.3. The van der Waals surface area contributed by atoms with E-state index in [0.29, 0.717) is 18.1 Å². The Morgan fingerprint density at radius 3 is 2.25 bits per heavy atom. The Morgan fingerprint density at radius 2 is 1.64 bits per heavy atom. The molecular weight excluding hydrogens is 346 g/mol. The monoisotopic (exact) mass is 387 g/mol. The molecule has 1 aromatic carbocycles. The summed E-state index contributed by atoms with van der Waals surface area (Å²) in [6, 6.07) is 10.8. The highest BCUT2D eigenvalue weighted by atomic mass is 16.5. The quantitative estimate of drug-likeness (QED) is 0.720. The molecule has 3 rings (SSSR count). The summed E-state index contributed by atoms with van der Waals surface area (Å²) in [5.41, 5.74) is 1.87. The van der Waals surface area contributed by atoms with Gasteiger partial charge in [0.2, 0.25) is 0 Å². The van der Waals surface area contributed by atoms with Crippen molar-refractivity contribution in [1.82, 2.24) is 4.90 Å². The van der Waals surface area contributed by atoms with Crippen molar-refractivity contribution < 1.29 is 9.84 Å². The molecule has 0 radical (unpaired) electrons. The number of piperidine rings is 1. The molecule has 2 fully saturated rings. The second-order valence-electron chi connectivity index (χ2n) is 10.3. The summed E-state index contributed by atoms with van der Waals surface area (Å²) < 4.78 is 6.07. The molecule has 1 aliphatic carbocycles. The van der Waals surface area contributed by atoms with E-state index in [0.717, 1.165) is 44.3 Å². The van der Waals surface area contributed by atoms with Crippen LogP contribution >= 0.6 is 0 Å². The second-order valence-corrected chi connectivity index (χ2v) is 10.3. The van der Waals surface area contributed by atoms with Crippen molar-refractivity contribution in [1.29, 1.82) is 0 Å². The summed E-state index contributed by atoms with van der Waals surface area (Å²) >= 11 is 0. The molecule has 1 heterocycles. The third kappa shape index (κ3) is 6.86. The van der Waals surface area contributed by atoms with Gasteiger partial charge in [-0.25, -0.2) is 0 Å². The van der Waals surface area contributed by atoms with Crippen LogP contribution in [0.5, 0.6) is 0 Å². The topological polar surface area (TPSA) is 32.7 Å². The van der Waals surface area contributed by atoms with E-state index in [2.05, 4.69) is 56.0 Å². The maximum absolute atomic E-state index is 10.4. The van der Waals surface area contributed by atoms with Crippen LogP contribution in [0.4, 0.5) is 0 Å². The van der Waals surface area contributed by atoms with Gasteiger partial charge in [-0.1, -0.05) is 51.1 Å². The highest BCUT2D eigenvalue weighted by Crippen LogP contribution is 2.38. The molecule has 3 heteroatoms. The third-order valence-electron chi connectivity index (χ3n) is 6.97. The van der Waals surface area contributed by atoms with E-state index in [1.807, 2.05) is 0 Å². The first kappa shape index (κ1) is 21.8. The fourth-order valence-corrected chi connectivity index (χ4v) is 5.01. The minimum absolute atomic E-state index is 0.352. The van der Waals surface area contributed by atoms with Gasteiger partial charge in [0.1, 0.15) is 0 Å². The lowest BCUT2D eigenvalue weighted by Crippen LogP contribution is -2.41. The molecule has 0 spiro atoms. The number of hydrogen-bond donors (Lipinski definition) is 1. The molecule has 0 aromatic heterocycles. The predicted octanol–water partition coefficient (Wildman–Crippen LogP) is 4.92. The molecule has 28 heavy (non-hydrogen) atoms. The predicted molar refractivity (Wildman–Crippen MR) is 116 cm³/mol. The standard InChI is InChI=1S/C25H41NO2/c1-25(2,3)22-9-11-24(12-10-22)28-19-23(27)18-26-15-13-21(14-16-26)17-20-7-5-4-6-8-20/h4-8,21-24,27H,9-19H2,1-3H3/t22?,23-,24?/m0/s1. The van der Waals surface area contributed by atoms with Crippen LogP contribution in [-0.4, -0.2) is 48.5 Å². The lowest BCUT2D eigenvalue weighted by molar-refractivity contribution is -0.0462. The van der Waals surface area contributed by atoms with E-state index in [1.54, 1.807) is 0 Å².